The van der Waals surface area contributed by atoms with Gasteiger partial charge in [0, 0.05) is 21.0 Å². The topological polar surface area (TPSA) is 80.7 Å². The summed E-state index contributed by atoms with van der Waals surface area (Å²) in [6.07, 6.45) is 0. The molecule has 0 aliphatic carbocycles. The number of thiazole rings is 1. The maximum atomic E-state index is 13.7. The van der Waals surface area contributed by atoms with E-state index in [-0.39, 0.29) is 11.5 Å². The van der Waals surface area contributed by atoms with Crippen LogP contribution in [0.1, 0.15) is 16.7 Å². The molecule has 3 aromatic heterocycles. The van der Waals surface area contributed by atoms with Gasteiger partial charge in [0.2, 0.25) is 10.8 Å². The van der Waals surface area contributed by atoms with E-state index in [0.717, 1.165) is 32.3 Å². The minimum Gasteiger partial charge on any atom is -0.452 e. The quantitative estimate of drug-likeness (QED) is 0.296. The van der Waals surface area contributed by atoms with E-state index in [2.05, 4.69) is 26.0 Å². The predicted molar refractivity (Wildman–Crippen MR) is 147 cm³/mol. The third-order valence-electron chi connectivity index (χ3n) is 6.59. The summed E-state index contributed by atoms with van der Waals surface area (Å²) in [6, 6.07) is 23.2. The maximum absolute atomic E-state index is 13.7. The minimum absolute atomic E-state index is 0.216. The molecule has 0 saturated heterocycles. The van der Waals surface area contributed by atoms with Gasteiger partial charge < -0.3 is 9.32 Å². The Labute approximate surface area is 222 Å². The van der Waals surface area contributed by atoms with E-state index < -0.39 is 0 Å². The molecule has 6 aromatic rings. The number of carbonyl (C=O) groups excluding carboxylic acids is 1. The first-order chi connectivity index (χ1) is 18.0. The van der Waals surface area contributed by atoms with Crippen molar-refractivity contribution in [1.82, 2.24) is 14.6 Å². The molecule has 0 saturated carbocycles. The average Bonchev–Trinajstić information content (AvgIpc) is 3.62. The molecule has 37 heavy (non-hydrogen) atoms. The number of halogens is 1. The first-order valence-corrected chi connectivity index (χ1v) is 13.2. The van der Waals surface area contributed by atoms with Crippen molar-refractivity contribution in [3.8, 4) is 11.6 Å². The highest BCUT2D eigenvalue weighted by atomic mass is 79.9. The van der Waals surface area contributed by atoms with Crippen molar-refractivity contribution in [2.45, 2.75) is 13.5 Å². The summed E-state index contributed by atoms with van der Waals surface area (Å²) in [5.74, 6) is 0.665. The number of carbonyl (C=O) groups is 1. The number of anilines is 1. The summed E-state index contributed by atoms with van der Waals surface area (Å²) in [5.41, 5.74) is 4.14. The summed E-state index contributed by atoms with van der Waals surface area (Å²) in [4.78, 5) is 34.0. The number of hydrogen-bond donors (Lipinski definition) is 0. The zero-order chi connectivity index (χ0) is 25.3. The molecule has 0 radical (unpaired) electrons. The van der Waals surface area contributed by atoms with Gasteiger partial charge in [-0.2, -0.15) is 9.50 Å². The van der Waals surface area contributed by atoms with Gasteiger partial charge in [-0.3, -0.25) is 9.59 Å². The van der Waals surface area contributed by atoms with Crippen LogP contribution in [0.4, 0.5) is 5.69 Å². The van der Waals surface area contributed by atoms with E-state index >= 15 is 0 Å². The van der Waals surface area contributed by atoms with Crippen LogP contribution < -0.4 is 15.0 Å². The molecule has 0 N–H and O–H groups in total. The number of para-hydroxylation sites is 1. The van der Waals surface area contributed by atoms with Crippen LogP contribution in [0.15, 0.2) is 86.5 Å². The summed E-state index contributed by atoms with van der Waals surface area (Å²) in [7, 11) is 0. The average molecular weight is 569 g/mol. The third-order valence-corrected chi connectivity index (χ3v) is 8.12. The largest absolute Gasteiger partial charge is 0.452 e. The molecule has 1 amide bonds. The van der Waals surface area contributed by atoms with Crippen LogP contribution in [-0.2, 0) is 11.3 Å². The Balaban J connectivity index is 1.39. The molecule has 180 valence electrons. The van der Waals surface area contributed by atoms with Crippen LogP contribution in [0.5, 0.6) is 0 Å². The third kappa shape index (κ3) is 3.38. The van der Waals surface area contributed by atoms with Crippen molar-refractivity contribution < 1.29 is 9.21 Å². The molecule has 0 bridgehead atoms. The number of furan rings is 1. The Morgan fingerprint density at radius 2 is 1.78 bits per heavy atom. The molecule has 0 atom stereocenters. The number of aromatic nitrogens is 3. The van der Waals surface area contributed by atoms with E-state index in [9.17, 15) is 9.59 Å². The summed E-state index contributed by atoms with van der Waals surface area (Å²) >= 11 is 4.68. The summed E-state index contributed by atoms with van der Waals surface area (Å²) in [5, 5.41) is 5.46. The van der Waals surface area contributed by atoms with E-state index in [4.69, 9.17) is 4.42 Å². The van der Waals surface area contributed by atoms with Gasteiger partial charge in [0.05, 0.1) is 17.8 Å². The van der Waals surface area contributed by atoms with Crippen LogP contribution >= 0.6 is 27.3 Å². The fourth-order valence-corrected chi connectivity index (χ4v) is 6.17. The lowest BCUT2D eigenvalue weighted by molar-refractivity contribution is -0.113. The van der Waals surface area contributed by atoms with Gasteiger partial charge in [0.1, 0.15) is 10.1 Å². The summed E-state index contributed by atoms with van der Waals surface area (Å²) in [6.45, 7) is 2.35. The molecule has 1 aliphatic heterocycles. The standard InChI is InChI=1S/C28H17BrN4O3S/c1-15-18-9-5-6-10-21(18)36-23(15)25-30-28-33(31-25)27(35)24(37-28)22-19-13-17(29)11-12-20(19)32(26(22)34)14-16-7-3-2-4-8-16/h2-13H,14H2,1H3. The molecular weight excluding hydrogens is 552 g/mol. The molecule has 7 nitrogen and oxygen atoms in total. The second kappa shape index (κ2) is 8.22. The van der Waals surface area contributed by atoms with E-state index in [1.807, 2.05) is 79.7 Å². The highest BCUT2D eigenvalue weighted by molar-refractivity contribution is 9.10. The summed E-state index contributed by atoms with van der Waals surface area (Å²) < 4.78 is 8.41. The molecule has 0 unspecified atom stereocenters. The normalized spacial score (nSPS) is 14.8. The first kappa shape index (κ1) is 22.1. The number of benzene rings is 3. The van der Waals surface area contributed by atoms with Gasteiger partial charge in [-0.1, -0.05) is 75.8 Å². The zero-order valence-corrected chi connectivity index (χ0v) is 21.8. The fourth-order valence-electron chi connectivity index (χ4n) is 4.81. The van der Waals surface area contributed by atoms with Gasteiger partial charge in [0.15, 0.2) is 5.76 Å². The van der Waals surface area contributed by atoms with E-state index in [1.54, 1.807) is 4.90 Å². The SMILES string of the molecule is Cc1c(-c2nc3sc(=C4C(=O)N(Cc5ccccc5)c5ccc(Br)cc54)c(=O)n3n2)oc2ccccc12. The molecule has 1 aliphatic rings. The molecule has 7 rings (SSSR count). The van der Waals surface area contributed by atoms with Gasteiger partial charge in [0.25, 0.3) is 11.5 Å². The van der Waals surface area contributed by atoms with Crippen molar-refractivity contribution in [1.29, 1.82) is 0 Å². The van der Waals surface area contributed by atoms with Crippen LogP contribution in [0.3, 0.4) is 0 Å². The number of hydrogen-bond acceptors (Lipinski definition) is 6. The van der Waals surface area contributed by atoms with Crippen molar-refractivity contribution in [2.24, 2.45) is 0 Å². The van der Waals surface area contributed by atoms with Crippen molar-refractivity contribution >= 4 is 60.4 Å². The second-order valence-corrected chi connectivity index (χ2v) is 10.7. The second-order valence-electron chi connectivity index (χ2n) is 8.83. The van der Waals surface area contributed by atoms with Gasteiger partial charge in [-0.25, -0.2) is 0 Å². The van der Waals surface area contributed by atoms with Crippen LogP contribution in [-0.4, -0.2) is 20.5 Å². The Morgan fingerprint density at radius 1 is 1.00 bits per heavy atom. The smallest absolute Gasteiger partial charge is 0.291 e. The highest BCUT2D eigenvalue weighted by Gasteiger charge is 2.35. The molecule has 3 aromatic carbocycles. The number of amides is 1. The molecule has 9 heteroatoms. The van der Waals surface area contributed by atoms with Gasteiger partial charge in [-0.05, 0) is 36.8 Å². The zero-order valence-electron chi connectivity index (χ0n) is 19.4. The number of aryl methyl sites for hydroxylation is 1. The maximum Gasteiger partial charge on any atom is 0.291 e. The van der Waals surface area contributed by atoms with Crippen molar-refractivity contribution in [3.05, 3.63) is 109 Å². The molecule has 4 heterocycles. The lowest BCUT2D eigenvalue weighted by atomic mass is 10.1. The Kier molecular flexibility index (Phi) is 4.92. The van der Waals surface area contributed by atoms with Crippen LogP contribution in [0.25, 0.3) is 33.1 Å². The minimum atomic E-state index is -0.372. The van der Waals surface area contributed by atoms with E-state index in [1.165, 1.54) is 15.9 Å². The van der Waals surface area contributed by atoms with Crippen molar-refractivity contribution in [2.75, 3.05) is 4.90 Å². The monoisotopic (exact) mass is 568 g/mol. The Hall–Kier alpha value is -4.08. The van der Waals surface area contributed by atoms with Crippen LogP contribution in [0, 0.1) is 6.92 Å². The lowest BCUT2D eigenvalue weighted by Crippen LogP contribution is -2.32. The Bertz CT molecular complexity index is 1990. The van der Waals surface area contributed by atoms with E-state index in [0.29, 0.717) is 38.8 Å². The molecule has 0 spiro atoms. The Morgan fingerprint density at radius 3 is 2.57 bits per heavy atom. The van der Waals surface area contributed by atoms with Crippen LogP contribution in [0.2, 0.25) is 0 Å². The van der Waals surface area contributed by atoms with Crippen molar-refractivity contribution in [3.63, 3.8) is 0 Å². The number of nitrogens with zero attached hydrogens (tertiary/aromatic N) is 4. The fraction of sp³-hybridized carbons (Fsp3) is 0.0714. The van der Waals surface area contributed by atoms with Gasteiger partial charge >= 0.3 is 0 Å². The molecule has 0 fully saturated rings. The van der Waals surface area contributed by atoms with Gasteiger partial charge in [-0.15, -0.1) is 5.10 Å². The predicted octanol–water partition coefficient (Wildman–Crippen LogP) is 5.10. The lowest BCUT2D eigenvalue weighted by Gasteiger charge is -2.17. The highest BCUT2D eigenvalue weighted by Crippen LogP contribution is 2.38. The number of fused-ring (bicyclic) bond motifs is 3. The first-order valence-electron chi connectivity index (χ1n) is 11.6. The number of rotatable bonds is 3. The molecular formula is C28H17BrN4O3S.